The van der Waals surface area contributed by atoms with Crippen LogP contribution in [-0.2, 0) is 0 Å². The molecule has 0 heterocycles. The fourth-order valence-electron chi connectivity index (χ4n) is 1.06. The van der Waals surface area contributed by atoms with Crippen LogP contribution < -0.4 is 5.73 Å². The van der Waals surface area contributed by atoms with Crippen molar-refractivity contribution in [3.63, 3.8) is 0 Å². The van der Waals surface area contributed by atoms with Gasteiger partial charge in [0.05, 0.1) is 17.0 Å². The van der Waals surface area contributed by atoms with Crippen molar-refractivity contribution in [2.24, 2.45) is 5.73 Å². The normalized spacial score (nSPS) is 12.1. The first-order valence-corrected chi connectivity index (χ1v) is 4.66. The SMILES string of the molecule is N#CC[C@@H](N)c1ccc(Br)c(F)c1O. The molecule has 0 saturated heterocycles. The molecule has 1 atom stereocenters. The maximum absolute atomic E-state index is 13.2. The van der Waals surface area contributed by atoms with Gasteiger partial charge in [0.2, 0.25) is 0 Å². The van der Waals surface area contributed by atoms with E-state index in [1.165, 1.54) is 12.1 Å². The number of benzene rings is 1. The zero-order chi connectivity index (χ0) is 10.7. The lowest BCUT2D eigenvalue weighted by Gasteiger charge is -2.11. The second-order valence-electron chi connectivity index (χ2n) is 2.77. The standard InChI is InChI=1S/C9H8BrFN2O/c10-6-2-1-5(7(13)3-4-12)9(14)8(6)11/h1-2,7,14H,3,13H2/t7-/m1/s1. The number of rotatable bonds is 2. The van der Waals surface area contributed by atoms with Crippen molar-refractivity contribution in [3.8, 4) is 11.8 Å². The molecule has 0 fully saturated rings. The number of hydrogen-bond acceptors (Lipinski definition) is 3. The molecule has 0 unspecified atom stereocenters. The third kappa shape index (κ3) is 2.03. The van der Waals surface area contributed by atoms with Gasteiger partial charge in [0.15, 0.2) is 11.6 Å². The fraction of sp³-hybridized carbons (Fsp3) is 0.222. The van der Waals surface area contributed by atoms with Crippen molar-refractivity contribution in [1.82, 2.24) is 0 Å². The maximum atomic E-state index is 13.2. The summed E-state index contributed by atoms with van der Waals surface area (Å²) < 4.78 is 13.3. The molecule has 1 aromatic carbocycles. The number of phenolic OH excluding ortho intramolecular Hbond substituents is 1. The second kappa shape index (κ2) is 4.40. The minimum atomic E-state index is -0.754. The van der Waals surface area contributed by atoms with Crippen LogP contribution in [-0.4, -0.2) is 5.11 Å². The summed E-state index contributed by atoms with van der Waals surface area (Å²) in [7, 11) is 0. The van der Waals surface area contributed by atoms with Gasteiger partial charge in [0.1, 0.15) is 0 Å². The van der Waals surface area contributed by atoms with Gasteiger partial charge in [-0.05, 0) is 22.0 Å². The highest BCUT2D eigenvalue weighted by Crippen LogP contribution is 2.31. The van der Waals surface area contributed by atoms with E-state index in [2.05, 4.69) is 15.9 Å². The number of nitriles is 1. The Hall–Kier alpha value is -1.12. The van der Waals surface area contributed by atoms with Crippen LogP contribution in [0.4, 0.5) is 4.39 Å². The summed E-state index contributed by atoms with van der Waals surface area (Å²) in [5, 5.41) is 17.8. The van der Waals surface area contributed by atoms with Crippen LogP contribution in [0.15, 0.2) is 16.6 Å². The van der Waals surface area contributed by atoms with E-state index in [1.807, 2.05) is 6.07 Å². The third-order valence-electron chi connectivity index (χ3n) is 1.81. The Morgan fingerprint density at radius 1 is 1.64 bits per heavy atom. The Labute approximate surface area is 89.1 Å². The first kappa shape index (κ1) is 11.0. The summed E-state index contributed by atoms with van der Waals surface area (Å²) in [6.45, 7) is 0. The molecule has 0 aliphatic carbocycles. The largest absolute Gasteiger partial charge is 0.505 e. The molecule has 0 spiro atoms. The molecule has 3 nitrogen and oxygen atoms in total. The van der Waals surface area contributed by atoms with Crippen molar-refractivity contribution >= 4 is 15.9 Å². The molecule has 1 rings (SSSR count). The molecule has 0 aliphatic rings. The lowest BCUT2D eigenvalue weighted by Crippen LogP contribution is -2.10. The molecular weight excluding hydrogens is 251 g/mol. The summed E-state index contributed by atoms with van der Waals surface area (Å²) in [5.74, 6) is -1.25. The van der Waals surface area contributed by atoms with E-state index in [9.17, 15) is 9.50 Å². The quantitative estimate of drug-likeness (QED) is 0.855. The van der Waals surface area contributed by atoms with Crippen LogP contribution in [0.5, 0.6) is 5.75 Å². The number of phenols is 1. The minimum absolute atomic E-state index is 0.0363. The molecule has 5 heteroatoms. The van der Waals surface area contributed by atoms with Gasteiger partial charge in [0.25, 0.3) is 0 Å². The van der Waals surface area contributed by atoms with Crippen LogP contribution in [0.3, 0.4) is 0 Å². The Bertz CT molecular complexity index is 389. The van der Waals surface area contributed by atoms with Gasteiger partial charge in [-0.25, -0.2) is 4.39 Å². The Morgan fingerprint density at radius 2 is 2.29 bits per heavy atom. The van der Waals surface area contributed by atoms with E-state index in [0.29, 0.717) is 0 Å². The van der Waals surface area contributed by atoms with E-state index in [0.717, 1.165) is 0 Å². The summed E-state index contributed by atoms with van der Waals surface area (Å²) in [6.07, 6.45) is 0.0363. The predicted molar refractivity (Wildman–Crippen MR) is 52.9 cm³/mol. The van der Waals surface area contributed by atoms with Gasteiger partial charge >= 0.3 is 0 Å². The minimum Gasteiger partial charge on any atom is -0.505 e. The molecule has 0 amide bonds. The number of aromatic hydroxyl groups is 1. The van der Waals surface area contributed by atoms with Crippen molar-refractivity contribution in [2.45, 2.75) is 12.5 Å². The molecule has 0 bridgehead atoms. The van der Waals surface area contributed by atoms with Gasteiger partial charge in [0, 0.05) is 11.6 Å². The van der Waals surface area contributed by atoms with E-state index in [4.69, 9.17) is 11.0 Å². The molecule has 3 N–H and O–H groups in total. The van der Waals surface area contributed by atoms with Gasteiger partial charge in [-0.1, -0.05) is 6.07 Å². The highest BCUT2D eigenvalue weighted by Gasteiger charge is 2.15. The smallest absolute Gasteiger partial charge is 0.179 e. The molecule has 0 saturated carbocycles. The lowest BCUT2D eigenvalue weighted by molar-refractivity contribution is 0.419. The topological polar surface area (TPSA) is 70.0 Å². The van der Waals surface area contributed by atoms with Crippen molar-refractivity contribution in [3.05, 3.63) is 28.0 Å². The number of nitrogens with two attached hydrogens (primary N) is 1. The molecule has 0 aromatic heterocycles. The Balaban J connectivity index is 3.12. The average molecular weight is 259 g/mol. The first-order valence-electron chi connectivity index (χ1n) is 3.87. The number of hydrogen-bond donors (Lipinski definition) is 2. The Morgan fingerprint density at radius 3 is 2.86 bits per heavy atom. The molecule has 0 aliphatic heterocycles. The molecule has 0 radical (unpaired) electrons. The molecule has 14 heavy (non-hydrogen) atoms. The third-order valence-corrected chi connectivity index (χ3v) is 2.42. The van der Waals surface area contributed by atoms with Gasteiger partial charge in [-0.15, -0.1) is 0 Å². The zero-order valence-electron chi connectivity index (χ0n) is 7.17. The summed E-state index contributed by atoms with van der Waals surface area (Å²) in [4.78, 5) is 0. The van der Waals surface area contributed by atoms with Crippen LogP contribution in [0.1, 0.15) is 18.0 Å². The monoisotopic (exact) mass is 258 g/mol. The van der Waals surface area contributed by atoms with Gasteiger partial charge in [-0.3, -0.25) is 0 Å². The predicted octanol–water partition coefficient (Wildman–Crippen LogP) is 2.21. The van der Waals surface area contributed by atoms with E-state index >= 15 is 0 Å². The Kier molecular flexibility index (Phi) is 3.44. The number of halogens is 2. The van der Waals surface area contributed by atoms with Gasteiger partial charge < -0.3 is 10.8 Å². The van der Waals surface area contributed by atoms with Gasteiger partial charge in [-0.2, -0.15) is 5.26 Å². The van der Waals surface area contributed by atoms with Crippen molar-refractivity contribution in [2.75, 3.05) is 0 Å². The first-order chi connectivity index (χ1) is 6.57. The van der Waals surface area contributed by atoms with Crippen LogP contribution in [0.25, 0.3) is 0 Å². The number of nitrogens with zero attached hydrogens (tertiary/aromatic N) is 1. The van der Waals surface area contributed by atoms with E-state index < -0.39 is 17.6 Å². The maximum Gasteiger partial charge on any atom is 0.179 e. The highest BCUT2D eigenvalue weighted by molar-refractivity contribution is 9.10. The summed E-state index contributed by atoms with van der Waals surface area (Å²) in [5.41, 5.74) is 5.80. The fourth-order valence-corrected chi connectivity index (χ4v) is 1.38. The van der Waals surface area contributed by atoms with Crippen molar-refractivity contribution < 1.29 is 9.50 Å². The highest BCUT2D eigenvalue weighted by atomic mass is 79.9. The zero-order valence-corrected chi connectivity index (χ0v) is 8.75. The summed E-state index contributed by atoms with van der Waals surface area (Å²) in [6, 6.07) is 4.13. The molecular formula is C9H8BrFN2O. The average Bonchev–Trinajstić information content (AvgIpc) is 2.15. The van der Waals surface area contributed by atoms with Crippen LogP contribution >= 0.6 is 15.9 Å². The molecule has 1 aromatic rings. The second-order valence-corrected chi connectivity index (χ2v) is 3.62. The lowest BCUT2D eigenvalue weighted by atomic mass is 10.0. The van der Waals surface area contributed by atoms with E-state index in [-0.39, 0.29) is 16.5 Å². The van der Waals surface area contributed by atoms with Crippen molar-refractivity contribution in [1.29, 1.82) is 5.26 Å². The molecule has 74 valence electrons. The van der Waals surface area contributed by atoms with Crippen LogP contribution in [0, 0.1) is 17.1 Å². The van der Waals surface area contributed by atoms with Crippen LogP contribution in [0.2, 0.25) is 0 Å². The summed E-state index contributed by atoms with van der Waals surface area (Å²) >= 11 is 2.93. The van der Waals surface area contributed by atoms with E-state index in [1.54, 1.807) is 0 Å².